The number of esters is 2. The van der Waals surface area contributed by atoms with E-state index in [1.165, 1.54) is 259 Å². The van der Waals surface area contributed by atoms with Crippen molar-refractivity contribution < 1.29 is 28.6 Å². The van der Waals surface area contributed by atoms with E-state index in [1.807, 2.05) is 27.7 Å². The fraction of sp³-hybridized carbons (Fsp3) is 0.176. The second kappa shape index (κ2) is 8.03. The van der Waals surface area contributed by atoms with E-state index in [0.717, 1.165) is 0 Å². The molecule has 7 heteroatoms. The van der Waals surface area contributed by atoms with Crippen molar-refractivity contribution in [1.29, 1.82) is 0 Å². The van der Waals surface area contributed by atoms with Crippen LogP contribution < -0.4 is 5.32 Å². The van der Waals surface area contributed by atoms with Crippen LogP contribution in [0.5, 0.6) is 0 Å². The van der Waals surface area contributed by atoms with Gasteiger partial charge in [-0.2, -0.15) is 0 Å². The first kappa shape index (κ1) is 34.0. The molecule has 28 aromatic rings. The first-order chi connectivity index (χ1) is 39.7. The molecular formula is C74H23NO6. The van der Waals surface area contributed by atoms with E-state index >= 15 is 9.59 Å². The number of ether oxygens (including phenoxy) is 3. The van der Waals surface area contributed by atoms with Crippen LogP contribution in [-0.2, 0) is 34.6 Å². The Morgan fingerprint density at radius 2 is 0.531 bits per heavy atom. The Kier molecular flexibility index (Phi) is 3.37. The standard InChI is InChI=1S/C74H23NO6/c1-5-79-68(76)74(69(77)80-9-7-6-8-75-70(78)81-71(2,3)4)72-64-56-48-38-28-20-12-10-11-14-18-16(12)24-32-26(18)36-30-22(14)23-15(11)19-17-13(10)21(20)29-35-25(17)33-27(19)37-31(23)41-40(30)50-44(36)54-46(32)52(42(48)34(24)28)60(64)62(54)66-58(50)59-51(41)45(37)55-47(33)53-43(35)49(39(29)38)57(56)65(72)61(53)63(55)67(59)73(66,72)74/h5-9H2,1-4H3,(H,75,78). The molecule has 1 fully saturated rings. The lowest BCUT2D eigenvalue weighted by Crippen LogP contribution is -2.39. The lowest BCUT2D eigenvalue weighted by atomic mass is 9.68. The van der Waals surface area contributed by atoms with Crippen molar-refractivity contribution in [2.45, 2.75) is 57.0 Å². The molecule has 2 spiro atoms. The Bertz CT molecular complexity index is 7090. The van der Waals surface area contributed by atoms with E-state index in [4.69, 9.17) is 14.2 Å². The topological polar surface area (TPSA) is 90.9 Å². The van der Waals surface area contributed by atoms with Gasteiger partial charge in [0.25, 0.3) is 0 Å². The van der Waals surface area contributed by atoms with Crippen molar-refractivity contribution in [3.63, 3.8) is 0 Å². The highest BCUT2D eigenvalue weighted by atomic mass is 16.6. The number of amides is 1. The van der Waals surface area contributed by atoms with Crippen molar-refractivity contribution in [2.75, 3.05) is 19.8 Å². The Balaban J connectivity index is 0.929. The molecule has 0 aliphatic heterocycles. The van der Waals surface area contributed by atoms with Gasteiger partial charge in [0.15, 0.2) is 5.41 Å². The largest absolute Gasteiger partial charge is 0.465 e. The molecule has 0 aromatic heterocycles. The van der Waals surface area contributed by atoms with E-state index in [0.29, 0.717) is 19.4 Å². The average Bonchev–Trinajstić information content (AvgIpc) is 1.37. The molecule has 1 amide bonds. The minimum atomic E-state index is -1.77. The first-order valence-electron chi connectivity index (χ1n) is 29.8. The van der Waals surface area contributed by atoms with Gasteiger partial charge in [-0.3, -0.25) is 9.59 Å². The van der Waals surface area contributed by atoms with Crippen molar-refractivity contribution in [2.24, 2.45) is 5.41 Å². The fourth-order valence-electron chi connectivity index (χ4n) is 26.5. The number of hydrogen-bond donors (Lipinski definition) is 1. The van der Waals surface area contributed by atoms with Gasteiger partial charge in [-0.05, 0) is 354 Å². The molecule has 0 atom stereocenters. The van der Waals surface area contributed by atoms with Gasteiger partial charge in [-0.25, -0.2) is 4.79 Å². The third kappa shape index (κ3) is 2.00. The first-order valence-corrected chi connectivity index (χ1v) is 29.8. The molecule has 33 rings (SSSR count). The molecule has 5 aliphatic carbocycles. The van der Waals surface area contributed by atoms with Crippen LogP contribution in [0.25, 0.3) is 291 Å². The molecule has 81 heavy (non-hydrogen) atoms. The summed E-state index contributed by atoms with van der Waals surface area (Å²) in [6, 6.07) is 0. The summed E-state index contributed by atoms with van der Waals surface area (Å²) in [6.45, 7) is 8.15. The zero-order valence-electron chi connectivity index (χ0n) is 43.0. The summed E-state index contributed by atoms with van der Waals surface area (Å²) >= 11 is 0. The van der Waals surface area contributed by atoms with Crippen LogP contribution in [0, 0.1) is 5.41 Å². The molecule has 0 bridgehead atoms. The van der Waals surface area contributed by atoms with Crippen molar-refractivity contribution >= 4 is 309 Å². The average molecular weight is 1020 g/mol. The van der Waals surface area contributed by atoms with Crippen LogP contribution in [0.3, 0.4) is 0 Å². The maximum Gasteiger partial charge on any atom is 0.407 e. The number of benzene rings is 18. The van der Waals surface area contributed by atoms with Gasteiger partial charge in [0.05, 0.1) is 24.0 Å². The van der Waals surface area contributed by atoms with Crippen LogP contribution >= 0.6 is 0 Å². The molecule has 0 unspecified atom stereocenters. The van der Waals surface area contributed by atoms with E-state index in [1.54, 1.807) is 53.9 Å². The molecule has 360 valence electrons. The van der Waals surface area contributed by atoms with Gasteiger partial charge in [-0.1, -0.05) is 0 Å². The van der Waals surface area contributed by atoms with Crippen molar-refractivity contribution in [3.05, 3.63) is 22.3 Å². The number of carbonyl (C=O) groups excluding carboxylic acids is 3. The van der Waals surface area contributed by atoms with Gasteiger partial charge in [-0.15, -0.1) is 0 Å². The predicted molar refractivity (Wildman–Crippen MR) is 327 cm³/mol. The number of rotatable bonds is 8. The zero-order valence-corrected chi connectivity index (χ0v) is 43.0. The van der Waals surface area contributed by atoms with Gasteiger partial charge in [0, 0.05) is 6.54 Å². The van der Waals surface area contributed by atoms with Crippen LogP contribution in [0.2, 0.25) is 0 Å². The fourth-order valence-corrected chi connectivity index (χ4v) is 26.5. The number of unbranched alkanes of at least 4 members (excludes halogenated alkanes) is 1. The summed E-state index contributed by atoms with van der Waals surface area (Å²) in [4.78, 5) is 47.0. The van der Waals surface area contributed by atoms with Crippen molar-refractivity contribution in [1.82, 2.24) is 5.32 Å². The molecule has 0 radical (unpaired) electrons. The molecule has 0 heterocycles. The van der Waals surface area contributed by atoms with Crippen LogP contribution in [0.1, 0.15) is 62.8 Å². The molecule has 28 aromatic carbocycles. The second-order valence-corrected chi connectivity index (χ2v) is 29.0. The monoisotopic (exact) mass is 1020 g/mol. The SMILES string of the molecule is CCOC(=O)C1(C(=O)OCCCCNC(=O)OC(C)(C)C)C23c4c5c6c7c8c9c(c%10c%11c2c2c4c4c%12c5c5c6c6c8c8c%13c9c9c%10c%10c%11c%11c2c2c4c4c%12c%12c5c5c6c8c6c8c%13c9c9c%10c%10c%11c2c2c4c4c%12c5c6c5c8c9c%10c2c45)C713. The van der Waals surface area contributed by atoms with Gasteiger partial charge < -0.3 is 19.5 Å². The number of nitrogens with one attached hydrogen (secondary N) is 1. The lowest BCUT2D eigenvalue weighted by Gasteiger charge is -2.32. The Hall–Kier alpha value is -9.33. The minimum Gasteiger partial charge on any atom is -0.465 e. The second-order valence-electron chi connectivity index (χ2n) is 29.0. The molecule has 1 N–H and O–H groups in total. The quantitative estimate of drug-likeness (QED) is 0.0536. The summed E-state index contributed by atoms with van der Waals surface area (Å²) in [5.74, 6) is -0.882. The summed E-state index contributed by atoms with van der Waals surface area (Å²) in [5.41, 5.74) is 0.314. The highest BCUT2D eigenvalue weighted by Crippen LogP contribution is 2.96. The molecule has 7 nitrogen and oxygen atoms in total. The lowest BCUT2D eigenvalue weighted by molar-refractivity contribution is -0.166. The van der Waals surface area contributed by atoms with E-state index in [2.05, 4.69) is 5.32 Å². The molecular weight excluding hydrogens is 999 g/mol. The van der Waals surface area contributed by atoms with E-state index in [9.17, 15) is 4.79 Å². The number of alkyl carbamates (subject to hydrolysis) is 1. The van der Waals surface area contributed by atoms with Gasteiger partial charge in [0.1, 0.15) is 5.60 Å². The summed E-state index contributed by atoms with van der Waals surface area (Å²) < 4.78 is 19.3. The van der Waals surface area contributed by atoms with E-state index < -0.39 is 39.9 Å². The highest BCUT2D eigenvalue weighted by Gasteiger charge is 3.01. The third-order valence-corrected chi connectivity index (χ3v) is 26.7. The maximum absolute atomic E-state index is 17.2. The van der Waals surface area contributed by atoms with Crippen LogP contribution in [0.4, 0.5) is 4.79 Å². The highest BCUT2D eigenvalue weighted by molar-refractivity contribution is 6.82. The smallest absolute Gasteiger partial charge is 0.407 e. The number of hydrogen-bond acceptors (Lipinski definition) is 6. The Labute approximate surface area is 444 Å². The Morgan fingerprint density at radius 1 is 0.321 bits per heavy atom. The summed E-state index contributed by atoms with van der Waals surface area (Å²) in [7, 11) is 0. The van der Waals surface area contributed by atoms with Crippen molar-refractivity contribution in [3.8, 4) is 0 Å². The van der Waals surface area contributed by atoms with Crippen LogP contribution in [-0.4, -0.2) is 43.4 Å². The third-order valence-electron chi connectivity index (χ3n) is 26.7. The molecule has 0 saturated heterocycles. The van der Waals surface area contributed by atoms with Gasteiger partial charge in [0.2, 0.25) is 0 Å². The normalized spacial score (nSPS) is 22.6. The Morgan fingerprint density at radius 3 is 0.741 bits per heavy atom. The summed E-state index contributed by atoms with van der Waals surface area (Å²) in [6.07, 6.45) is 0.632. The predicted octanol–water partition coefficient (Wildman–Crippen LogP) is 17.7. The molecule has 1 saturated carbocycles. The van der Waals surface area contributed by atoms with Crippen LogP contribution in [0.15, 0.2) is 0 Å². The summed E-state index contributed by atoms with van der Waals surface area (Å²) in [5, 5.41) is 81.7. The van der Waals surface area contributed by atoms with E-state index in [-0.39, 0.29) is 13.2 Å². The number of carbonyl (C=O) groups is 3. The maximum atomic E-state index is 17.2. The molecule has 5 aliphatic rings. The minimum absolute atomic E-state index is 0.112. The zero-order chi connectivity index (χ0) is 50.6. The van der Waals surface area contributed by atoms with Gasteiger partial charge >= 0.3 is 18.0 Å².